The third-order valence-electron chi connectivity index (χ3n) is 7.99. The molecule has 0 spiro atoms. The first-order chi connectivity index (χ1) is 22.0. The Bertz CT molecular complexity index is 1770. The van der Waals surface area contributed by atoms with Crippen molar-refractivity contribution in [3.8, 4) is 22.3 Å². The van der Waals surface area contributed by atoms with E-state index in [4.69, 9.17) is 9.47 Å². The summed E-state index contributed by atoms with van der Waals surface area (Å²) in [6.45, 7) is 0.306. The molecule has 2 N–H and O–H groups in total. The summed E-state index contributed by atoms with van der Waals surface area (Å²) in [6.07, 6.45) is -0.685. The van der Waals surface area contributed by atoms with E-state index in [1.54, 1.807) is 12.1 Å². The lowest BCUT2D eigenvalue weighted by molar-refractivity contribution is -0.139. The lowest BCUT2D eigenvalue weighted by Gasteiger charge is -2.17. The van der Waals surface area contributed by atoms with Crippen LogP contribution < -0.4 is 5.32 Å². The summed E-state index contributed by atoms with van der Waals surface area (Å²) in [5.41, 5.74) is 8.31. The Hall–Kier alpha value is -5.69. The number of carbonyl (C=O) groups excluding carboxylic acids is 2. The Morgan fingerprint density at radius 2 is 1.20 bits per heavy atom. The van der Waals surface area contributed by atoms with Gasteiger partial charge in [-0.1, -0.05) is 115 Å². The predicted octanol–water partition coefficient (Wildman–Crippen LogP) is 7.25. The third-order valence-corrected chi connectivity index (χ3v) is 7.99. The highest BCUT2D eigenvalue weighted by atomic mass is 16.5. The van der Waals surface area contributed by atoms with Crippen molar-refractivity contribution < 1.29 is 29.0 Å². The van der Waals surface area contributed by atoms with Crippen LogP contribution in [0.2, 0.25) is 0 Å². The maximum absolute atomic E-state index is 12.7. The monoisotopic (exact) mass is 597 g/mol. The van der Waals surface area contributed by atoms with Gasteiger partial charge in [0.05, 0.1) is 5.56 Å². The molecule has 0 fully saturated rings. The van der Waals surface area contributed by atoms with Crippen molar-refractivity contribution in [3.05, 3.63) is 155 Å². The molecule has 5 aromatic carbocycles. The summed E-state index contributed by atoms with van der Waals surface area (Å²) in [4.78, 5) is 37.2. The first-order valence-electron chi connectivity index (χ1n) is 14.7. The molecular formula is C38H31NO6. The van der Waals surface area contributed by atoms with Crippen molar-refractivity contribution in [1.82, 2.24) is 5.32 Å². The molecule has 0 radical (unpaired) electrons. The minimum Gasteiger partial charge on any atom is -0.480 e. The quantitative estimate of drug-likeness (QED) is 0.165. The predicted molar refractivity (Wildman–Crippen MR) is 171 cm³/mol. The van der Waals surface area contributed by atoms with Crippen molar-refractivity contribution in [2.75, 3.05) is 6.61 Å². The van der Waals surface area contributed by atoms with Gasteiger partial charge in [-0.15, -0.1) is 0 Å². The van der Waals surface area contributed by atoms with Crippen molar-refractivity contribution in [1.29, 1.82) is 0 Å². The third kappa shape index (κ3) is 6.78. The number of benzene rings is 5. The van der Waals surface area contributed by atoms with Crippen LogP contribution in [0.4, 0.5) is 4.79 Å². The molecule has 6 rings (SSSR count). The zero-order chi connectivity index (χ0) is 31.2. The van der Waals surface area contributed by atoms with Crippen molar-refractivity contribution >= 4 is 18.0 Å². The van der Waals surface area contributed by atoms with E-state index in [-0.39, 0.29) is 25.6 Å². The molecule has 45 heavy (non-hydrogen) atoms. The average molecular weight is 598 g/mol. The highest BCUT2D eigenvalue weighted by Crippen LogP contribution is 2.44. The van der Waals surface area contributed by atoms with Crippen molar-refractivity contribution in [3.63, 3.8) is 0 Å². The minimum atomic E-state index is -1.16. The molecule has 0 aromatic heterocycles. The van der Waals surface area contributed by atoms with Gasteiger partial charge in [-0.2, -0.15) is 0 Å². The van der Waals surface area contributed by atoms with Crippen LogP contribution >= 0.6 is 0 Å². The fourth-order valence-corrected chi connectivity index (χ4v) is 5.66. The smallest absolute Gasteiger partial charge is 0.407 e. The first kappa shape index (κ1) is 29.4. The highest BCUT2D eigenvalue weighted by Gasteiger charge is 2.30. The number of rotatable bonds is 10. The van der Waals surface area contributed by atoms with Crippen LogP contribution in [0.15, 0.2) is 127 Å². The van der Waals surface area contributed by atoms with Crippen molar-refractivity contribution in [2.45, 2.75) is 25.0 Å². The molecule has 1 unspecified atom stereocenters. The molecular weight excluding hydrogens is 566 g/mol. The molecule has 1 amide bonds. The van der Waals surface area contributed by atoms with Gasteiger partial charge < -0.3 is 19.9 Å². The van der Waals surface area contributed by atoms with Crippen LogP contribution in [-0.4, -0.2) is 35.8 Å². The summed E-state index contributed by atoms with van der Waals surface area (Å²) < 4.78 is 11.0. The topological polar surface area (TPSA) is 102 Å². The molecule has 0 aliphatic heterocycles. The lowest BCUT2D eigenvalue weighted by Crippen LogP contribution is -2.42. The van der Waals surface area contributed by atoms with E-state index in [0.717, 1.165) is 44.5 Å². The Morgan fingerprint density at radius 3 is 1.80 bits per heavy atom. The zero-order valence-electron chi connectivity index (χ0n) is 24.4. The summed E-state index contributed by atoms with van der Waals surface area (Å²) in [5.74, 6) is -1.67. The van der Waals surface area contributed by atoms with Crippen LogP contribution in [0.25, 0.3) is 22.3 Å². The average Bonchev–Trinajstić information content (AvgIpc) is 3.40. The molecule has 0 heterocycles. The number of aliphatic carboxylic acids is 1. The fraction of sp³-hybridized carbons (Fsp3) is 0.132. The Morgan fingerprint density at radius 1 is 0.644 bits per heavy atom. The largest absolute Gasteiger partial charge is 0.480 e. The summed E-state index contributed by atoms with van der Waals surface area (Å²) >= 11 is 0. The van der Waals surface area contributed by atoms with Gasteiger partial charge >= 0.3 is 18.0 Å². The van der Waals surface area contributed by atoms with Crippen molar-refractivity contribution in [2.24, 2.45) is 0 Å². The van der Waals surface area contributed by atoms with Crippen LogP contribution in [0.3, 0.4) is 0 Å². The number of carbonyl (C=O) groups is 3. The standard InChI is InChI=1S/C38H31NO6/c40-36(41)35(39-38(43)45-24-34-32-12-6-4-10-30(32)31-11-5-7-13-33(31)34)22-25-14-16-27(17-15-25)28-18-20-29(21-19-28)37(42)44-23-26-8-2-1-3-9-26/h1-21,34-35H,22-24H2,(H,39,43)(H,40,41). The molecule has 7 nitrogen and oxygen atoms in total. The molecule has 0 saturated carbocycles. The number of nitrogens with one attached hydrogen (secondary N) is 1. The van der Waals surface area contributed by atoms with Gasteiger partial charge in [-0.05, 0) is 56.6 Å². The molecule has 224 valence electrons. The molecule has 7 heteroatoms. The van der Waals surface area contributed by atoms with Gasteiger partial charge in [-0.25, -0.2) is 14.4 Å². The van der Waals surface area contributed by atoms with E-state index >= 15 is 0 Å². The van der Waals surface area contributed by atoms with E-state index in [1.165, 1.54) is 0 Å². The maximum Gasteiger partial charge on any atom is 0.407 e. The van der Waals surface area contributed by atoms with Gasteiger partial charge in [0.2, 0.25) is 0 Å². The molecule has 5 aromatic rings. The summed E-state index contributed by atoms with van der Waals surface area (Å²) in [6, 6.07) is 38.9. The number of ether oxygens (including phenoxy) is 2. The molecule has 1 aliphatic carbocycles. The van der Waals surface area contributed by atoms with Gasteiger partial charge in [0, 0.05) is 12.3 Å². The number of hydrogen-bond donors (Lipinski definition) is 2. The van der Waals surface area contributed by atoms with E-state index in [9.17, 15) is 19.5 Å². The number of hydrogen-bond acceptors (Lipinski definition) is 5. The molecule has 1 atom stereocenters. The number of amides is 1. The summed E-state index contributed by atoms with van der Waals surface area (Å²) in [7, 11) is 0. The fourth-order valence-electron chi connectivity index (χ4n) is 5.66. The number of carboxylic acid groups (broad SMARTS) is 1. The van der Waals surface area contributed by atoms with Gasteiger partial charge in [0.1, 0.15) is 19.3 Å². The second-order valence-electron chi connectivity index (χ2n) is 10.9. The van der Waals surface area contributed by atoms with Gasteiger partial charge in [-0.3, -0.25) is 0 Å². The zero-order valence-corrected chi connectivity index (χ0v) is 24.4. The van der Waals surface area contributed by atoms with Gasteiger partial charge in [0.15, 0.2) is 0 Å². The van der Waals surface area contributed by atoms with E-state index < -0.39 is 24.1 Å². The molecule has 1 aliphatic rings. The number of fused-ring (bicyclic) bond motifs is 3. The summed E-state index contributed by atoms with van der Waals surface area (Å²) in [5, 5.41) is 12.3. The number of alkyl carbamates (subject to hydrolysis) is 1. The van der Waals surface area contributed by atoms with Crippen LogP contribution in [0, 0.1) is 0 Å². The molecule has 0 bridgehead atoms. The normalized spacial score (nSPS) is 12.4. The highest BCUT2D eigenvalue weighted by molar-refractivity contribution is 5.90. The second kappa shape index (κ2) is 13.3. The first-order valence-corrected chi connectivity index (χ1v) is 14.7. The van der Waals surface area contributed by atoms with Gasteiger partial charge in [0.25, 0.3) is 0 Å². The second-order valence-corrected chi connectivity index (χ2v) is 10.9. The van der Waals surface area contributed by atoms with Crippen LogP contribution in [0.5, 0.6) is 0 Å². The van der Waals surface area contributed by atoms with Crippen LogP contribution in [0.1, 0.15) is 38.5 Å². The maximum atomic E-state index is 12.7. The van der Waals surface area contributed by atoms with E-state index in [0.29, 0.717) is 5.56 Å². The Kier molecular flexibility index (Phi) is 8.69. The van der Waals surface area contributed by atoms with E-state index in [1.807, 2.05) is 103 Å². The lowest BCUT2D eigenvalue weighted by atomic mass is 9.98. The Labute approximate surface area is 261 Å². The number of carboxylic acids is 1. The van der Waals surface area contributed by atoms with Crippen LogP contribution in [-0.2, 0) is 27.3 Å². The van der Waals surface area contributed by atoms with E-state index in [2.05, 4.69) is 17.4 Å². The minimum absolute atomic E-state index is 0.0893. The Balaban J connectivity index is 1.04. The SMILES string of the molecule is O=C(NC(Cc1ccc(-c2ccc(C(=O)OCc3ccccc3)cc2)cc1)C(=O)O)OCC1c2ccccc2-c2ccccc21. The molecule has 0 saturated heterocycles. The number of esters is 1.